The van der Waals surface area contributed by atoms with Crippen LogP contribution in [0.2, 0.25) is 21.1 Å². The van der Waals surface area contributed by atoms with Gasteiger partial charge in [0.15, 0.2) is 23.3 Å². The summed E-state index contributed by atoms with van der Waals surface area (Å²) in [5.74, 6) is 4.96. The van der Waals surface area contributed by atoms with Gasteiger partial charge < -0.3 is 0 Å². The zero-order chi connectivity index (χ0) is 48.2. The maximum absolute atomic E-state index is 5.89. The molecule has 0 unspecified atom stereocenters. The summed E-state index contributed by atoms with van der Waals surface area (Å²) >= 11 is 23.3. The SMILES string of the molecule is Cc1cc(C)cc(-c2nc(C)nc(Cl)n2)c1.Cc1nc(Cl)nc(-c2cccc(-c3ccccc3)c2)n1.Cc1nc(Cl)nc(-c2cccc3ccccc23)n1.Cc1nc(Cl)nc(-c2ccccc2)n1. The molecule has 0 radical (unpaired) electrons. The van der Waals surface area contributed by atoms with E-state index in [1.165, 1.54) is 11.1 Å². The molecule has 0 aliphatic carbocycles. The molecule has 0 atom stereocenters. The average Bonchev–Trinajstić information content (AvgIpc) is 3.31. The number of benzene rings is 6. The van der Waals surface area contributed by atoms with Crippen molar-refractivity contribution in [3.05, 3.63) is 201 Å². The highest BCUT2D eigenvalue weighted by Crippen LogP contribution is 2.28. The summed E-state index contributed by atoms with van der Waals surface area (Å²) in [7, 11) is 0. The first-order valence-electron chi connectivity index (χ1n) is 21.1. The molecule has 0 N–H and O–H groups in total. The molecule has 10 rings (SSSR count). The number of hydrogen-bond acceptors (Lipinski definition) is 12. The summed E-state index contributed by atoms with van der Waals surface area (Å²) in [6.07, 6.45) is 0. The molecule has 0 aliphatic heterocycles. The predicted octanol–water partition coefficient (Wildman–Crippen LogP) is 13.4. The van der Waals surface area contributed by atoms with Crippen LogP contribution >= 0.6 is 46.4 Å². The number of nitrogens with zero attached hydrogens (tertiary/aromatic N) is 12. The van der Waals surface area contributed by atoms with Crippen molar-refractivity contribution in [3.8, 4) is 56.7 Å². The van der Waals surface area contributed by atoms with Gasteiger partial charge >= 0.3 is 0 Å². The predicted molar refractivity (Wildman–Crippen MR) is 272 cm³/mol. The van der Waals surface area contributed by atoms with Crippen molar-refractivity contribution in [1.29, 1.82) is 0 Å². The minimum absolute atomic E-state index is 0.220. The minimum Gasteiger partial charge on any atom is -0.213 e. The highest BCUT2D eigenvalue weighted by molar-refractivity contribution is 6.29. The van der Waals surface area contributed by atoms with Crippen molar-refractivity contribution in [1.82, 2.24) is 59.8 Å². The van der Waals surface area contributed by atoms with Crippen LogP contribution in [-0.4, -0.2) is 59.8 Å². The molecule has 16 heteroatoms. The zero-order valence-corrected chi connectivity index (χ0v) is 40.8. The van der Waals surface area contributed by atoms with Crippen molar-refractivity contribution in [2.75, 3.05) is 0 Å². The van der Waals surface area contributed by atoms with Crippen molar-refractivity contribution in [2.45, 2.75) is 41.5 Å². The average molecular weight is 977 g/mol. The van der Waals surface area contributed by atoms with E-state index in [1.54, 1.807) is 20.8 Å². The van der Waals surface area contributed by atoms with Gasteiger partial charge in [-0.2, -0.15) is 19.9 Å². The second-order valence-electron chi connectivity index (χ2n) is 15.1. The third-order valence-corrected chi connectivity index (χ3v) is 10.3. The topological polar surface area (TPSA) is 155 Å². The lowest BCUT2D eigenvalue weighted by Gasteiger charge is -2.05. The van der Waals surface area contributed by atoms with Gasteiger partial charge in [0, 0.05) is 22.3 Å². The molecule has 10 aromatic rings. The van der Waals surface area contributed by atoms with Crippen LogP contribution in [0.1, 0.15) is 34.4 Å². The molecule has 0 amide bonds. The minimum atomic E-state index is 0.220. The highest BCUT2D eigenvalue weighted by atomic mass is 35.5. The van der Waals surface area contributed by atoms with E-state index in [9.17, 15) is 0 Å². The molecule has 0 saturated heterocycles. The lowest BCUT2D eigenvalue weighted by molar-refractivity contribution is 0.982. The van der Waals surface area contributed by atoms with Crippen LogP contribution in [0, 0.1) is 41.5 Å². The van der Waals surface area contributed by atoms with Crippen molar-refractivity contribution in [2.24, 2.45) is 0 Å². The van der Waals surface area contributed by atoms with E-state index < -0.39 is 0 Å². The fourth-order valence-electron chi connectivity index (χ4n) is 6.88. The monoisotopic (exact) mass is 974 g/mol. The van der Waals surface area contributed by atoms with Crippen molar-refractivity contribution >= 4 is 57.2 Å². The Morgan fingerprint density at radius 2 is 0.662 bits per heavy atom. The van der Waals surface area contributed by atoms with E-state index in [0.717, 1.165) is 44.2 Å². The summed E-state index contributed by atoms with van der Waals surface area (Å²) in [6.45, 7) is 11.3. The molecule has 4 heterocycles. The first kappa shape index (κ1) is 48.7. The Bertz CT molecular complexity index is 3170. The van der Waals surface area contributed by atoms with E-state index in [2.05, 4.69) is 108 Å². The summed E-state index contributed by atoms with van der Waals surface area (Å²) < 4.78 is 0. The molecule has 68 heavy (non-hydrogen) atoms. The van der Waals surface area contributed by atoms with Gasteiger partial charge in [0.05, 0.1) is 0 Å². The number of aryl methyl sites for hydroxylation is 6. The smallest absolute Gasteiger partial charge is 0.213 e. The molecule has 0 fully saturated rings. The van der Waals surface area contributed by atoms with Crippen LogP contribution in [-0.2, 0) is 0 Å². The standard InChI is InChI=1S/C16H12ClN3.C14H10ClN3.C12H12ClN3.C10H8ClN3/c1-11-18-15(20-16(17)19-11)14-9-5-8-13(10-14)12-6-3-2-4-7-12;1-9-16-13(18-14(15)17-9)12-8-4-6-10-5-2-3-7-11(10)12;1-7-4-8(2)6-10(5-7)11-14-9(3)15-12(13)16-11;1-7-12-9(14-10(11)13-7)8-5-3-2-4-6-8/h2-10H,1H3;2-8H,1H3;4-6H,1-3H3;2-6H,1H3. The first-order valence-corrected chi connectivity index (χ1v) is 22.6. The van der Waals surface area contributed by atoms with Crippen LogP contribution in [0.5, 0.6) is 0 Å². The summed E-state index contributed by atoms with van der Waals surface area (Å²) in [5.41, 5.74) is 8.47. The lowest BCUT2D eigenvalue weighted by atomic mass is 10.0. The van der Waals surface area contributed by atoms with E-state index in [-0.39, 0.29) is 21.1 Å². The fraction of sp³-hybridized carbons (Fsp3) is 0.115. The first-order chi connectivity index (χ1) is 32.8. The second kappa shape index (κ2) is 23.0. The number of halogens is 4. The normalized spacial score (nSPS) is 10.5. The third kappa shape index (κ3) is 13.7. The van der Waals surface area contributed by atoms with Gasteiger partial charge in [-0.05, 0) is 128 Å². The molecule has 0 saturated carbocycles. The molecule has 6 aromatic carbocycles. The molecule has 12 nitrogen and oxygen atoms in total. The van der Waals surface area contributed by atoms with E-state index in [1.807, 2.05) is 118 Å². The van der Waals surface area contributed by atoms with Gasteiger partial charge in [0.1, 0.15) is 23.3 Å². The molecule has 0 aliphatic rings. The van der Waals surface area contributed by atoms with Gasteiger partial charge in [-0.3, -0.25) is 0 Å². The summed E-state index contributed by atoms with van der Waals surface area (Å²) in [5, 5.41) is 3.19. The Morgan fingerprint density at radius 3 is 1.19 bits per heavy atom. The van der Waals surface area contributed by atoms with E-state index in [4.69, 9.17) is 46.4 Å². The van der Waals surface area contributed by atoms with Crippen LogP contribution in [0.4, 0.5) is 0 Å². The van der Waals surface area contributed by atoms with Gasteiger partial charge in [-0.1, -0.05) is 139 Å². The lowest BCUT2D eigenvalue weighted by Crippen LogP contribution is -1.96. The van der Waals surface area contributed by atoms with E-state index >= 15 is 0 Å². The Morgan fingerprint density at radius 1 is 0.279 bits per heavy atom. The molecule has 4 aromatic heterocycles. The van der Waals surface area contributed by atoms with Gasteiger partial charge in [-0.15, -0.1) is 0 Å². The Balaban J connectivity index is 0.000000135. The molecular weight excluding hydrogens is 934 g/mol. The second-order valence-corrected chi connectivity index (χ2v) is 16.5. The quantitative estimate of drug-likeness (QED) is 0.161. The van der Waals surface area contributed by atoms with Crippen LogP contribution < -0.4 is 0 Å². The maximum Gasteiger partial charge on any atom is 0.226 e. The maximum atomic E-state index is 5.89. The van der Waals surface area contributed by atoms with Crippen molar-refractivity contribution in [3.63, 3.8) is 0 Å². The molecule has 338 valence electrons. The summed E-state index contributed by atoms with van der Waals surface area (Å²) in [4.78, 5) is 49.5. The number of aromatic nitrogens is 12. The largest absolute Gasteiger partial charge is 0.226 e. The zero-order valence-electron chi connectivity index (χ0n) is 37.7. The highest BCUT2D eigenvalue weighted by Gasteiger charge is 2.10. The Labute approximate surface area is 414 Å². The Kier molecular flexibility index (Phi) is 16.5. The van der Waals surface area contributed by atoms with Crippen LogP contribution in [0.3, 0.4) is 0 Å². The van der Waals surface area contributed by atoms with Crippen molar-refractivity contribution < 1.29 is 0 Å². The number of hydrogen-bond donors (Lipinski definition) is 0. The Hall–Kier alpha value is -7.22. The van der Waals surface area contributed by atoms with Crippen LogP contribution in [0.25, 0.3) is 67.5 Å². The van der Waals surface area contributed by atoms with Gasteiger partial charge in [-0.25, -0.2) is 39.9 Å². The third-order valence-electron chi connectivity index (χ3n) is 9.65. The molecule has 0 bridgehead atoms. The number of fused-ring (bicyclic) bond motifs is 1. The molecular formula is C52H42Cl4N12. The van der Waals surface area contributed by atoms with Gasteiger partial charge in [0.25, 0.3) is 0 Å². The van der Waals surface area contributed by atoms with Gasteiger partial charge in [0.2, 0.25) is 21.1 Å². The molecule has 0 spiro atoms. The fourth-order valence-corrected chi connectivity index (χ4v) is 7.69. The van der Waals surface area contributed by atoms with E-state index in [0.29, 0.717) is 46.6 Å². The number of rotatable bonds is 5. The summed E-state index contributed by atoms with van der Waals surface area (Å²) in [6, 6.07) is 48.3. The van der Waals surface area contributed by atoms with Crippen LogP contribution in [0.15, 0.2) is 146 Å².